The second kappa shape index (κ2) is 6.54. The highest BCUT2D eigenvalue weighted by atomic mass is 16.5. The molecule has 1 aromatic carbocycles. The lowest BCUT2D eigenvalue weighted by Crippen LogP contribution is -2.21. The van der Waals surface area contributed by atoms with Crippen molar-refractivity contribution < 1.29 is 4.74 Å². The summed E-state index contributed by atoms with van der Waals surface area (Å²) >= 11 is 0. The van der Waals surface area contributed by atoms with Crippen molar-refractivity contribution in [2.75, 3.05) is 13.7 Å². The second-order valence-electron chi connectivity index (χ2n) is 4.43. The van der Waals surface area contributed by atoms with E-state index in [0.29, 0.717) is 12.0 Å². The van der Waals surface area contributed by atoms with Crippen LogP contribution < -0.4 is 10.1 Å². The van der Waals surface area contributed by atoms with Crippen molar-refractivity contribution in [3.8, 4) is 5.75 Å². The summed E-state index contributed by atoms with van der Waals surface area (Å²) in [5.74, 6) is 1.55. The molecule has 1 aromatic rings. The Morgan fingerprint density at radius 1 is 1.31 bits per heavy atom. The van der Waals surface area contributed by atoms with Crippen LogP contribution in [0.2, 0.25) is 0 Å². The normalized spacial score (nSPS) is 12.8. The molecule has 1 atom stereocenters. The van der Waals surface area contributed by atoms with Gasteiger partial charge in [-0.25, -0.2) is 0 Å². The van der Waals surface area contributed by atoms with Crippen LogP contribution in [-0.4, -0.2) is 13.7 Å². The molecule has 0 aliphatic carbocycles. The molecule has 90 valence electrons. The first-order valence-corrected chi connectivity index (χ1v) is 6.09. The molecule has 2 heteroatoms. The average Bonchev–Trinajstić information content (AvgIpc) is 2.27. The molecule has 0 aromatic heterocycles. The van der Waals surface area contributed by atoms with E-state index in [1.165, 1.54) is 5.56 Å². The molecule has 0 spiro atoms. The summed E-state index contributed by atoms with van der Waals surface area (Å²) < 4.78 is 5.64. The molecule has 0 saturated heterocycles. The van der Waals surface area contributed by atoms with Gasteiger partial charge in [0.1, 0.15) is 5.75 Å². The van der Waals surface area contributed by atoms with Crippen molar-refractivity contribution in [3.63, 3.8) is 0 Å². The largest absolute Gasteiger partial charge is 0.494 e. The third kappa shape index (κ3) is 3.53. The lowest BCUT2D eigenvalue weighted by atomic mass is 9.96. The van der Waals surface area contributed by atoms with E-state index in [9.17, 15) is 0 Å². The molecule has 1 N–H and O–H groups in total. The van der Waals surface area contributed by atoms with Gasteiger partial charge in [-0.05, 0) is 37.1 Å². The topological polar surface area (TPSA) is 21.3 Å². The molecule has 0 aliphatic rings. The van der Waals surface area contributed by atoms with E-state index < -0.39 is 0 Å². The Hall–Kier alpha value is -1.02. The minimum absolute atomic E-state index is 0.394. The highest BCUT2D eigenvalue weighted by molar-refractivity contribution is 5.30. The van der Waals surface area contributed by atoms with Crippen molar-refractivity contribution in [1.29, 1.82) is 0 Å². The van der Waals surface area contributed by atoms with E-state index >= 15 is 0 Å². The van der Waals surface area contributed by atoms with Gasteiger partial charge in [0.25, 0.3) is 0 Å². The van der Waals surface area contributed by atoms with Crippen molar-refractivity contribution in [3.05, 3.63) is 29.8 Å². The first-order valence-electron chi connectivity index (χ1n) is 6.09. The molecule has 1 rings (SSSR count). The molecule has 0 heterocycles. The fourth-order valence-electron chi connectivity index (χ4n) is 1.90. The third-order valence-electron chi connectivity index (χ3n) is 2.67. The fraction of sp³-hybridized carbons (Fsp3) is 0.571. The van der Waals surface area contributed by atoms with Gasteiger partial charge in [-0.1, -0.05) is 32.9 Å². The molecular formula is C14H23NO. The van der Waals surface area contributed by atoms with Crippen LogP contribution in [0.3, 0.4) is 0 Å². The van der Waals surface area contributed by atoms with Crippen molar-refractivity contribution in [1.82, 2.24) is 5.32 Å². The third-order valence-corrected chi connectivity index (χ3v) is 2.67. The van der Waals surface area contributed by atoms with Crippen LogP contribution in [0, 0.1) is 5.92 Å². The van der Waals surface area contributed by atoms with Crippen molar-refractivity contribution in [2.45, 2.75) is 33.2 Å². The maximum Gasteiger partial charge on any atom is 0.119 e. The van der Waals surface area contributed by atoms with Crippen LogP contribution in [-0.2, 0) is 0 Å². The second-order valence-corrected chi connectivity index (χ2v) is 4.43. The average molecular weight is 221 g/mol. The summed E-state index contributed by atoms with van der Waals surface area (Å²) in [6, 6.07) is 8.76. The van der Waals surface area contributed by atoms with Crippen LogP contribution in [0.5, 0.6) is 5.75 Å². The van der Waals surface area contributed by atoms with E-state index in [-0.39, 0.29) is 0 Å². The van der Waals surface area contributed by atoms with Gasteiger partial charge in [-0.15, -0.1) is 0 Å². The Morgan fingerprint density at radius 3 is 2.62 bits per heavy atom. The summed E-state index contributed by atoms with van der Waals surface area (Å²) in [6.07, 6.45) is 1.05. The quantitative estimate of drug-likeness (QED) is 0.795. The minimum atomic E-state index is 0.394. The minimum Gasteiger partial charge on any atom is -0.494 e. The zero-order valence-electron chi connectivity index (χ0n) is 10.8. The highest BCUT2D eigenvalue weighted by Gasteiger charge is 2.13. The van der Waals surface area contributed by atoms with Gasteiger partial charge >= 0.3 is 0 Å². The van der Waals surface area contributed by atoms with E-state index in [1.807, 2.05) is 13.1 Å². The summed E-state index contributed by atoms with van der Waals surface area (Å²) in [4.78, 5) is 0. The standard InChI is InChI=1S/C14H23NO/c1-5-9-16-13-8-6-7-12(10-13)14(15-4)11(2)3/h6-8,10-11,14-15H,5,9H2,1-4H3. The SMILES string of the molecule is CCCOc1cccc(C(NC)C(C)C)c1. The van der Waals surface area contributed by atoms with Gasteiger partial charge in [0, 0.05) is 6.04 Å². The van der Waals surface area contributed by atoms with E-state index in [4.69, 9.17) is 4.74 Å². The molecule has 0 bridgehead atoms. The van der Waals surface area contributed by atoms with Crippen LogP contribution >= 0.6 is 0 Å². The maximum atomic E-state index is 5.64. The van der Waals surface area contributed by atoms with Crippen LogP contribution in [0.4, 0.5) is 0 Å². The Morgan fingerprint density at radius 2 is 2.06 bits per heavy atom. The van der Waals surface area contributed by atoms with Gasteiger partial charge < -0.3 is 10.1 Å². The lowest BCUT2D eigenvalue weighted by Gasteiger charge is -2.21. The first-order chi connectivity index (χ1) is 7.69. The van der Waals surface area contributed by atoms with Gasteiger partial charge in [0.05, 0.1) is 6.61 Å². The van der Waals surface area contributed by atoms with E-state index in [1.54, 1.807) is 0 Å². The maximum absolute atomic E-state index is 5.64. The monoisotopic (exact) mass is 221 g/mol. The molecule has 16 heavy (non-hydrogen) atoms. The summed E-state index contributed by atoms with van der Waals surface area (Å²) in [7, 11) is 2.00. The number of nitrogens with one attached hydrogen (secondary N) is 1. The molecule has 0 aliphatic heterocycles. The van der Waals surface area contributed by atoms with Crippen LogP contribution in [0.25, 0.3) is 0 Å². The number of rotatable bonds is 6. The highest BCUT2D eigenvalue weighted by Crippen LogP contribution is 2.24. The summed E-state index contributed by atoms with van der Waals surface area (Å²) in [6.45, 7) is 7.35. The number of hydrogen-bond donors (Lipinski definition) is 1. The predicted octanol–water partition coefficient (Wildman–Crippen LogP) is 3.39. The molecule has 2 nitrogen and oxygen atoms in total. The Labute approximate surface area is 99.0 Å². The molecule has 0 saturated carbocycles. The van der Waals surface area contributed by atoms with Crippen LogP contribution in [0.1, 0.15) is 38.8 Å². The predicted molar refractivity (Wildman–Crippen MR) is 68.9 cm³/mol. The number of ether oxygens (including phenoxy) is 1. The van der Waals surface area contributed by atoms with Gasteiger partial charge in [-0.2, -0.15) is 0 Å². The zero-order chi connectivity index (χ0) is 12.0. The Balaban J connectivity index is 2.79. The zero-order valence-corrected chi connectivity index (χ0v) is 10.8. The van der Waals surface area contributed by atoms with Gasteiger partial charge in [-0.3, -0.25) is 0 Å². The molecule has 1 unspecified atom stereocenters. The summed E-state index contributed by atoms with van der Waals surface area (Å²) in [5, 5.41) is 3.35. The van der Waals surface area contributed by atoms with E-state index in [0.717, 1.165) is 18.8 Å². The molecule has 0 radical (unpaired) electrons. The fourth-order valence-corrected chi connectivity index (χ4v) is 1.90. The molecule has 0 amide bonds. The Bertz CT molecular complexity index is 309. The Kier molecular flexibility index (Phi) is 5.33. The first kappa shape index (κ1) is 13.0. The molecular weight excluding hydrogens is 198 g/mol. The van der Waals surface area contributed by atoms with Crippen LogP contribution in [0.15, 0.2) is 24.3 Å². The van der Waals surface area contributed by atoms with Crippen molar-refractivity contribution in [2.24, 2.45) is 5.92 Å². The smallest absolute Gasteiger partial charge is 0.119 e. The number of benzene rings is 1. The number of hydrogen-bond acceptors (Lipinski definition) is 2. The van der Waals surface area contributed by atoms with Gasteiger partial charge in [0.2, 0.25) is 0 Å². The lowest BCUT2D eigenvalue weighted by molar-refractivity contribution is 0.316. The summed E-state index contributed by atoms with van der Waals surface area (Å²) in [5.41, 5.74) is 1.30. The van der Waals surface area contributed by atoms with Gasteiger partial charge in [0.15, 0.2) is 0 Å². The van der Waals surface area contributed by atoms with Crippen molar-refractivity contribution >= 4 is 0 Å². The van der Waals surface area contributed by atoms with E-state index in [2.05, 4.69) is 44.3 Å². The molecule has 0 fully saturated rings.